The molecule has 7 heteroatoms. The van der Waals surface area contributed by atoms with Crippen LogP contribution < -0.4 is 11.1 Å². The number of hydrogen-bond donors (Lipinski definition) is 2. The van der Waals surface area contributed by atoms with Crippen molar-refractivity contribution in [2.75, 3.05) is 43.2 Å². The van der Waals surface area contributed by atoms with Gasteiger partial charge in [-0.15, -0.1) is 0 Å². The van der Waals surface area contributed by atoms with Crippen LogP contribution >= 0.6 is 0 Å². The van der Waals surface area contributed by atoms with Gasteiger partial charge in [0.1, 0.15) is 9.84 Å². The third kappa shape index (κ3) is 8.31. The van der Waals surface area contributed by atoms with Gasteiger partial charge in [0.2, 0.25) is 5.91 Å². The molecule has 1 rings (SSSR count). The van der Waals surface area contributed by atoms with E-state index in [2.05, 4.69) is 5.32 Å². The van der Waals surface area contributed by atoms with E-state index in [4.69, 9.17) is 5.73 Å². The zero-order valence-corrected chi connectivity index (χ0v) is 13.3. The van der Waals surface area contributed by atoms with Gasteiger partial charge < -0.3 is 16.0 Å². The lowest BCUT2D eigenvalue weighted by atomic mass is 10.2. The fourth-order valence-corrected chi connectivity index (χ4v) is 2.38. The van der Waals surface area contributed by atoms with Crippen LogP contribution in [0.1, 0.15) is 12.8 Å². The number of carbonyl (C=O) groups excluding carboxylic acids is 1. The van der Waals surface area contributed by atoms with Crippen LogP contribution in [0.4, 0.5) is 11.4 Å². The fourth-order valence-electron chi connectivity index (χ4n) is 1.73. The number of sulfone groups is 1. The molecule has 1 amide bonds. The molecule has 0 radical (unpaired) electrons. The molecular weight excluding hydrogens is 290 g/mol. The van der Waals surface area contributed by atoms with Crippen molar-refractivity contribution in [1.29, 1.82) is 0 Å². The first-order valence-electron chi connectivity index (χ1n) is 6.78. The third-order valence-corrected chi connectivity index (χ3v) is 3.91. The minimum atomic E-state index is -2.94. The predicted molar refractivity (Wildman–Crippen MR) is 85.9 cm³/mol. The minimum Gasteiger partial charge on any atom is -0.399 e. The summed E-state index contributed by atoms with van der Waals surface area (Å²) in [6, 6.07) is 6.97. The summed E-state index contributed by atoms with van der Waals surface area (Å²) in [7, 11) is -1.09. The Hall–Kier alpha value is -1.60. The van der Waals surface area contributed by atoms with Gasteiger partial charge in [-0.25, -0.2) is 8.42 Å². The van der Waals surface area contributed by atoms with Crippen LogP contribution in [-0.4, -0.2) is 51.4 Å². The van der Waals surface area contributed by atoms with Gasteiger partial charge >= 0.3 is 0 Å². The number of benzene rings is 1. The highest BCUT2D eigenvalue weighted by Gasteiger charge is 2.07. The molecule has 0 saturated carbocycles. The molecule has 0 saturated heterocycles. The number of nitrogens with zero attached hydrogens (tertiary/aromatic N) is 1. The maximum Gasteiger partial charge on any atom is 0.224 e. The summed E-state index contributed by atoms with van der Waals surface area (Å²) in [6.45, 7) is 1.17. The zero-order chi connectivity index (χ0) is 15.9. The molecule has 21 heavy (non-hydrogen) atoms. The van der Waals surface area contributed by atoms with Crippen molar-refractivity contribution in [2.45, 2.75) is 12.8 Å². The molecule has 0 bridgehead atoms. The second-order valence-corrected chi connectivity index (χ2v) is 7.47. The Labute approximate surface area is 126 Å². The predicted octanol–water partition coefficient (Wildman–Crippen LogP) is 0.964. The van der Waals surface area contributed by atoms with Crippen LogP contribution in [0.25, 0.3) is 0 Å². The van der Waals surface area contributed by atoms with Gasteiger partial charge in [-0.05, 0) is 44.3 Å². The van der Waals surface area contributed by atoms with Gasteiger partial charge in [-0.2, -0.15) is 0 Å². The lowest BCUT2D eigenvalue weighted by molar-refractivity contribution is -0.116. The Morgan fingerprint density at radius 2 is 1.86 bits per heavy atom. The highest BCUT2D eigenvalue weighted by molar-refractivity contribution is 7.90. The average Bonchev–Trinajstić information content (AvgIpc) is 2.38. The second-order valence-electron chi connectivity index (χ2n) is 5.21. The van der Waals surface area contributed by atoms with Crippen molar-refractivity contribution in [2.24, 2.45) is 0 Å². The summed E-state index contributed by atoms with van der Waals surface area (Å²) in [4.78, 5) is 13.7. The number of nitrogens with one attached hydrogen (secondary N) is 1. The molecule has 1 aromatic carbocycles. The Morgan fingerprint density at radius 1 is 1.24 bits per heavy atom. The first-order valence-corrected chi connectivity index (χ1v) is 8.84. The van der Waals surface area contributed by atoms with Crippen LogP contribution in [0.3, 0.4) is 0 Å². The van der Waals surface area contributed by atoms with Gasteiger partial charge in [-0.1, -0.05) is 0 Å². The van der Waals surface area contributed by atoms with E-state index < -0.39 is 9.84 Å². The maximum atomic E-state index is 11.7. The van der Waals surface area contributed by atoms with E-state index in [0.29, 0.717) is 31.6 Å². The molecule has 0 aliphatic rings. The van der Waals surface area contributed by atoms with Crippen LogP contribution in [0.2, 0.25) is 0 Å². The van der Waals surface area contributed by atoms with Gasteiger partial charge in [0.15, 0.2) is 0 Å². The van der Waals surface area contributed by atoms with E-state index in [1.807, 2.05) is 11.9 Å². The van der Waals surface area contributed by atoms with Crippen molar-refractivity contribution in [3.8, 4) is 0 Å². The third-order valence-electron chi connectivity index (χ3n) is 2.98. The van der Waals surface area contributed by atoms with E-state index in [9.17, 15) is 13.2 Å². The van der Waals surface area contributed by atoms with E-state index in [1.165, 1.54) is 6.26 Å². The number of rotatable bonds is 8. The van der Waals surface area contributed by atoms with Crippen LogP contribution in [0.15, 0.2) is 24.3 Å². The SMILES string of the molecule is CN(CCCC(=O)Nc1ccc(N)cc1)CCS(C)(=O)=O. The molecule has 0 heterocycles. The van der Waals surface area contributed by atoms with Crippen LogP contribution in [-0.2, 0) is 14.6 Å². The standard InChI is InChI=1S/C14H23N3O3S/c1-17(10-11-21(2,19)20)9-3-4-14(18)16-13-7-5-12(15)6-8-13/h5-8H,3-4,9-11,15H2,1-2H3,(H,16,18). The van der Waals surface area contributed by atoms with E-state index in [-0.39, 0.29) is 11.7 Å². The molecule has 1 aromatic rings. The van der Waals surface area contributed by atoms with Crippen LogP contribution in [0.5, 0.6) is 0 Å². The molecule has 0 unspecified atom stereocenters. The normalized spacial score (nSPS) is 11.6. The molecule has 0 spiro atoms. The highest BCUT2D eigenvalue weighted by Crippen LogP contribution is 2.11. The van der Waals surface area contributed by atoms with Crippen LogP contribution in [0, 0.1) is 0 Å². The van der Waals surface area contributed by atoms with E-state index in [1.54, 1.807) is 24.3 Å². The van der Waals surface area contributed by atoms with Crippen molar-refractivity contribution in [1.82, 2.24) is 4.90 Å². The lowest BCUT2D eigenvalue weighted by Gasteiger charge is -2.15. The largest absolute Gasteiger partial charge is 0.399 e. The Morgan fingerprint density at radius 3 is 2.43 bits per heavy atom. The van der Waals surface area contributed by atoms with Crippen molar-refractivity contribution in [3.05, 3.63) is 24.3 Å². The highest BCUT2D eigenvalue weighted by atomic mass is 32.2. The second kappa shape index (κ2) is 7.99. The zero-order valence-electron chi connectivity index (χ0n) is 12.5. The van der Waals surface area contributed by atoms with E-state index >= 15 is 0 Å². The lowest BCUT2D eigenvalue weighted by Crippen LogP contribution is -2.27. The number of carbonyl (C=O) groups is 1. The minimum absolute atomic E-state index is 0.0590. The summed E-state index contributed by atoms with van der Waals surface area (Å²) < 4.78 is 22.1. The molecule has 118 valence electrons. The smallest absolute Gasteiger partial charge is 0.224 e. The first kappa shape index (κ1) is 17.5. The average molecular weight is 313 g/mol. The summed E-state index contributed by atoms with van der Waals surface area (Å²) in [5, 5.41) is 2.79. The fraction of sp³-hybridized carbons (Fsp3) is 0.500. The van der Waals surface area contributed by atoms with Gasteiger partial charge in [0.05, 0.1) is 5.75 Å². The molecule has 0 fully saturated rings. The molecular formula is C14H23N3O3S. The number of anilines is 2. The van der Waals surface area contributed by atoms with Gasteiger partial charge in [0.25, 0.3) is 0 Å². The van der Waals surface area contributed by atoms with Crippen molar-refractivity contribution >= 4 is 27.1 Å². The Kier molecular flexibility index (Phi) is 6.64. The number of hydrogen-bond acceptors (Lipinski definition) is 5. The maximum absolute atomic E-state index is 11.7. The topological polar surface area (TPSA) is 92.5 Å². The molecule has 0 aliphatic carbocycles. The number of nitrogen functional groups attached to an aromatic ring is 1. The summed E-state index contributed by atoms with van der Waals surface area (Å²) in [5.41, 5.74) is 6.94. The number of nitrogens with two attached hydrogens (primary N) is 1. The molecule has 0 aromatic heterocycles. The summed E-state index contributed by atoms with van der Waals surface area (Å²) >= 11 is 0. The van der Waals surface area contributed by atoms with Crippen molar-refractivity contribution in [3.63, 3.8) is 0 Å². The Balaban J connectivity index is 2.22. The summed E-state index contributed by atoms with van der Waals surface area (Å²) in [6.07, 6.45) is 2.30. The molecule has 0 aliphatic heterocycles. The monoisotopic (exact) mass is 313 g/mol. The first-order chi connectivity index (χ1) is 9.76. The van der Waals surface area contributed by atoms with Gasteiger partial charge in [-0.3, -0.25) is 4.79 Å². The Bertz CT molecular complexity index is 555. The summed E-state index contributed by atoms with van der Waals surface area (Å²) in [5.74, 6) is 0.0810. The molecule has 3 N–H and O–H groups in total. The molecule has 0 atom stereocenters. The quantitative estimate of drug-likeness (QED) is 0.698. The van der Waals surface area contributed by atoms with E-state index in [0.717, 1.165) is 5.69 Å². The van der Waals surface area contributed by atoms with Crippen molar-refractivity contribution < 1.29 is 13.2 Å². The number of amides is 1. The molecule has 6 nitrogen and oxygen atoms in total. The van der Waals surface area contributed by atoms with Gasteiger partial charge in [0, 0.05) is 30.6 Å².